The molecule has 0 aliphatic carbocycles. The first-order valence-electron chi connectivity index (χ1n) is 11.7. The number of hydrogen-bond donors (Lipinski definition) is 1. The quantitative estimate of drug-likeness (QED) is 0.484. The van der Waals surface area contributed by atoms with E-state index in [1.54, 1.807) is 18.2 Å². The molecule has 0 saturated carbocycles. The van der Waals surface area contributed by atoms with Crippen molar-refractivity contribution in [2.24, 2.45) is 5.41 Å². The third kappa shape index (κ3) is 6.04. The fourth-order valence-corrected chi connectivity index (χ4v) is 5.04. The number of nitrogens with one attached hydrogen (secondary N) is 1. The Morgan fingerprint density at radius 1 is 1.12 bits per heavy atom. The number of rotatable bonds is 9. The van der Waals surface area contributed by atoms with Crippen molar-refractivity contribution in [1.29, 1.82) is 0 Å². The lowest BCUT2D eigenvalue weighted by atomic mass is 9.85. The Morgan fingerprint density at radius 2 is 1.79 bits per heavy atom. The van der Waals surface area contributed by atoms with Gasteiger partial charge in [-0.1, -0.05) is 51.1 Å². The van der Waals surface area contributed by atoms with Crippen LogP contribution in [-0.2, 0) is 27.8 Å². The van der Waals surface area contributed by atoms with E-state index < -0.39 is 10.0 Å². The highest BCUT2D eigenvalue weighted by atomic mass is 32.2. The summed E-state index contributed by atoms with van der Waals surface area (Å²) in [5.74, 6) is 0.753. The van der Waals surface area contributed by atoms with Gasteiger partial charge in [-0.15, -0.1) is 0 Å². The monoisotopic (exact) mass is 484 g/mol. The zero-order chi connectivity index (χ0) is 25.1. The molecule has 1 atom stereocenters. The molecule has 0 aliphatic rings. The number of benzene rings is 2. The smallest absolute Gasteiger partial charge is 0.242 e. The summed E-state index contributed by atoms with van der Waals surface area (Å²) in [7, 11) is -0.518. The third-order valence-electron chi connectivity index (χ3n) is 5.82. The second-order valence-electron chi connectivity index (χ2n) is 10.0. The minimum Gasteiger partial charge on any atom is -0.349 e. The molecular weight excluding hydrogens is 448 g/mol. The molecular formula is C26H36N4O3S. The van der Waals surface area contributed by atoms with Gasteiger partial charge >= 0.3 is 0 Å². The Labute approximate surface area is 203 Å². The van der Waals surface area contributed by atoms with Gasteiger partial charge in [-0.25, -0.2) is 17.7 Å². The lowest BCUT2D eigenvalue weighted by Crippen LogP contribution is -2.31. The molecule has 0 fully saturated rings. The summed E-state index contributed by atoms with van der Waals surface area (Å²) < 4.78 is 28.2. The van der Waals surface area contributed by atoms with Crippen molar-refractivity contribution in [3.63, 3.8) is 0 Å². The summed E-state index contributed by atoms with van der Waals surface area (Å²) in [6.45, 7) is 9.21. The van der Waals surface area contributed by atoms with Crippen molar-refractivity contribution >= 4 is 27.0 Å². The molecule has 3 rings (SSSR count). The van der Waals surface area contributed by atoms with Crippen molar-refractivity contribution < 1.29 is 13.2 Å². The summed E-state index contributed by atoms with van der Waals surface area (Å²) in [6, 6.07) is 15.0. The van der Waals surface area contributed by atoms with Gasteiger partial charge in [0.15, 0.2) is 0 Å². The normalized spacial score (nSPS) is 13.4. The van der Waals surface area contributed by atoms with E-state index in [-0.39, 0.29) is 22.3 Å². The van der Waals surface area contributed by atoms with Gasteiger partial charge in [-0.3, -0.25) is 4.79 Å². The Bertz CT molecular complexity index is 1240. The molecule has 1 aromatic heterocycles. The van der Waals surface area contributed by atoms with Crippen molar-refractivity contribution in [2.45, 2.75) is 64.4 Å². The predicted octanol–water partition coefficient (Wildman–Crippen LogP) is 4.53. The van der Waals surface area contributed by atoms with Crippen molar-refractivity contribution in [2.75, 3.05) is 14.1 Å². The predicted molar refractivity (Wildman–Crippen MR) is 136 cm³/mol. The molecule has 0 bridgehead atoms. The summed E-state index contributed by atoms with van der Waals surface area (Å²) in [6.07, 6.45) is 1.61. The SMILES string of the molecule is CCn1c(CCC(=O)NC(CC(C)(C)C)c2ccccc2)nc2cc(S(=O)(=O)N(C)C)ccc21. The van der Waals surface area contributed by atoms with E-state index in [1.807, 2.05) is 41.8 Å². The topological polar surface area (TPSA) is 84.3 Å². The molecule has 8 heteroatoms. The molecule has 3 aromatic rings. The molecule has 0 saturated heterocycles. The van der Waals surface area contributed by atoms with Crippen LogP contribution in [0.3, 0.4) is 0 Å². The maximum atomic E-state index is 12.9. The van der Waals surface area contributed by atoms with Crippen LogP contribution >= 0.6 is 0 Å². The first kappa shape index (κ1) is 25.9. The second kappa shape index (κ2) is 10.3. The minimum absolute atomic E-state index is 0.0244. The van der Waals surface area contributed by atoms with Crippen LogP contribution < -0.4 is 5.32 Å². The number of imidazole rings is 1. The Balaban J connectivity index is 1.78. The maximum Gasteiger partial charge on any atom is 0.242 e. The molecule has 2 aromatic carbocycles. The highest BCUT2D eigenvalue weighted by Gasteiger charge is 2.23. The Morgan fingerprint density at radius 3 is 2.38 bits per heavy atom. The zero-order valence-electron chi connectivity index (χ0n) is 21.0. The highest BCUT2D eigenvalue weighted by molar-refractivity contribution is 7.89. The highest BCUT2D eigenvalue weighted by Crippen LogP contribution is 2.29. The number of amides is 1. The van der Waals surface area contributed by atoms with Gasteiger partial charge < -0.3 is 9.88 Å². The van der Waals surface area contributed by atoms with Crippen molar-refractivity contribution in [1.82, 2.24) is 19.2 Å². The van der Waals surface area contributed by atoms with E-state index in [0.29, 0.717) is 24.9 Å². The average Bonchev–Trinajstić information content (AvgIpc) is 3.13. The minimum atomic E-state index is -3.54. The number of fused-ring (bicyclic) bond motifs is 1. The average molecular weight is 485 g/mol. The van der Waals surface area contributed by atoms with Crippen LogP contribution in [0, 0.1) is 5.41 Å². The van der Waals surface area contributed by atoms with Gasteiger partial charge in [-0.05, 0) is 42.5 Å². The van der Waals surface area contributed by atoms with E-state index in [4.69, 9.17) is 0 Å². The van der Waals surface area contributed by atoms with Crippen LogP contribution in [-0.4, -0.2) is 42.3 Å². The Hall–Kier alpha value is -2.71. The molecule has 1 N–H and O–H groups in total. The molecule has 34 heavy (non-hydrogen) atoms. The molecule has 0 radical (unpaired) electrons. The molecule has 1 heterocycles. The second-order valence-corrected chi connectivity index (χ2v) is 12.2. The van der Waals surface area contributed by atoms with Crippen LogP contribution in [0.1, 0.15) is 58.0 Å². The number of carbonyl (C=O) groups is 1. The summed E-state index contributed by atoms with van der Waals surface area (Å²) in [5, 5.41) is 3.21. The summed E-state index contributed by atoms with van der Waals surface area (Å²) in [5.41, 5.74) is 2.65. The first-order chi connectivity index (χ1) is 15.9. The number of aromatic nitrogens is 2. The molecule has 1 unspecified atom stereocenters. The number of nitrogens with zero attached hydrogens (tertiary/aromatic N) is 3. The van der Waals surface area contributed by atoms with Gasteiger partial charge in [-0.2, -0.15) is 0 Å². The lowest BCUT2D eigenvalue weighted by Gasteiger charge is -2.27. The van der Waals surface area contributed by atoms with Crippen molar-refractivity contribution in [3.05, 3.63) is 59.9 Å². The maximum absolute atomic E-state index is 12.9. The van der Waals surface area contributed by atoms with Crippen LogP contribution in [0.15, 0.2) is 53.4 Å². The van der Waals surface area contributed by atoms with Crippen molar-refractivity contribution in [3.8, 4) is 0 Å². The molecule has 0 spiro atoms. The fourth-order valence-electron chi connectivity index (χ4n) is 4.12. The van der Waals surface area contributed by atoms with E-state index in [9.17, 15) is 13.2 Å². The van der Waals surface area contributed by atoms with Gasteiger partial charge in [0, 0.05) is 33.5 Å². The number of carbonyl (C=O) groups excluding carboxylic acids is 1. The number of sulfonamides is 1. The van der Waals surface area contributed by atoms with E-state index in [0.717, 1.165) is 23.3 Å². The van der Waals surface area contributed by atoms with Gasteiger partial charge in [0.2, 0.25) is 15.9 Å². The molecule has 184 valence electrons. The lowest BCUT2D eigenvalue weighted by molar-refractivity contribution is -0.122. The van der Waals surface area contributed by atoms with Crippen LogP contribution in [0.4, 0.5) is 0 Å². The van der Waals surface area contributed by atoms with E-state index >= 15 is 0 Å². The summed E-state index contributed by atoms with van der Waals surface area (Å²) >= 11 is 0. The van der Waals surface area contributed by atoms with E-state index in [1.165, 1.54) is 18.4 Å². The summed E-state index contributed by atoms with van der Waals surface area (Å²) in [4.78, 5) is 17.8. The van der Waals surface area contributed by atoms with Crippen LogP contribution in [0.2, 0.25) is 0 Å². The van der Waals surface area contributed by atoms with Crippen LogP contribution in [0.25, 0.3) is 11.0 Å². The largest absolute Gasteiger partial charge is 0.349 e. The molecule has 0 aliphatic heterocycles. The first-order valence-corrected chi connectivity index (χ1v) is 13.1. The molecule has 1 amide bonds. The van der Waals surface area contributed by atoms with Crippen LogP contribution in [0.5, 0.6) is 0 Å². The fraction of sp³-hybridized carbons (Fsp3) is 0.462. The zero-order valence-corrected chi connectivity index (χ0v) is 21.8. The third-order valence-corrected chi connectivity index (χ3v) is 7.63. The number of aryl methyl sites for hydroxylation is 2. The van der Waals surface area contributed by atoms with Gasteiger partial charge in [0.05, 0.1) is 22.0 Å². The van der Waals surface area contributed by atoms with Gasteiger partial charge in [0.1, 0.15) is 5.82 Å². The number of hydrogen-bond acceptors (Lipinski definition) is 4. The molecule has 7 nitrogen and oxygen atoms in total. The Kier molecular flexibility index (Phi) is 7.83. The van der Waals surface area contributed by atoms with Gasteiger partial charge in [0.25, 0.3) is 0 Å². The van der Waals surface area contributed by atoms with E-state index in [2.05, 4.69) is 31.1 Å². The standard InChI is InChI=1S/C26H36N4O3S/c1-7-30-23-14-13-20(34(32,33)29(5)6)17-21(23)27-24(30)15-16-25(31)28-22(18-26(2,3)4)19-11-9-8-10-12-19/h8-14,17,22H,7,15-16,18H2,1-6H3,(H,28,31).